The number of carbonyl (C=O) groups is 1. The van der Waals surface area contributed by atoms with Gasteiger partial charge in [-0.1, -0.05) is 5.21 Å². The van der Waals surface area contributed by atoms with Crippen LogP contribution in [0.3, 0.4) is 0 Å². The molecule has 3 heterocycles. The van der Waals surface area contributed by atoms with Gasteiger partial charge in [0.25, 0.3) is 5.56 Å². The number of benzene rings is 1. The van der Waals surface area contributed by atoms with Crippen molar-refractivity contribution in [1.82, 2.24) is 15.0 Å². The molecular weight excluding hydrogens is 392 g/mol. The Bertz CT molecular complexity index is 1120. The number of hydrogen-bond donors (Lipinski definition) is 1. The summed E-state index contributed by atoms with van der Waals surface area (Å²) in [5.74, 6) is 0.379. The fourth-order valence-electron chi connectivity index (χ4n) is 3.34. The number of ether oxygens (including phenoxy) is 2. The van der Waals surface area contributed by atoms with Gasteiger partial charge in [-0.25, -0.2) is 4.68 Å². The molecule has 2 aromatic heterocycles. The number of aromatic nitrogens is 3. The predicted molar refractivity (Wildman–Crippen MR) is 110 cm³/mol. The molecule has 0 atom stereocenters. The van der Waals surface area contributed by atoms with Crippen LogP contribution in [0.5, 0.6) is 5.75 Å². The van der Waals surface area contributed by atoms with Gasteiger partial charge in [-0.05, 0) is 50.6 Å². The van der Waals surface area contributed by atoms with Crippen molar-refractivity contribution in [2.24, 2.45) is 0 Å². The molecule has 1 aliphatic rings. The van der Waals surface area contributed by atoms with E-state index in [1.807, 2.05) is 20.8 Å². The van der Waals surface area contributed by atoms with Crippen molar-refractivity contribution in [1.29, 1.82) is 0 Å². The lowest BCUT2D eigenvalue weighted by molar-refractivity contribution is -0.117. The molecule has 29 heavy (non-hydrogen) atoms. The maximum absolute atomic E-state index is 13.0. The second-order valence-corrected chi connectivity index (χ2v) is 8.55. The molecular formula is C20H22N4O4S. The van der Waals surface area contributed by atoms with Gasteiger partial charge < -0.3 is 14.8 Å². The number of rotatable bonds is 5. The van der Waals surface area contributed by atoms with Gasteiger partial charge in [0, 0.05) is 17.0 Å². The standard InChI is InChI=1S/C20H22N4O4S/c1-4-27-13-7-5-12(6-8-13)21-16(25)10-24-19(26)17-14-9-20(2,3)28-11-15(14)29-18(17)22-23-24/h5-8H,4,9-11H2,1-3H3,(H,21,25). The van der Waals surface area contributed by atoms with Gasteiger partial charge in [-0.2, -0.15) is 0 Å². The molecule has 0 saturated carbocycles. The SMILES string of the molecule is CCOc1ccc(NC(=O)Cn2nnc3sc4c(c3c2=O)CC(C)(C)OC4)cc1. The molecule has 0 radical (unpaired) electrons. The zero-order chi connectivity index (χ0) is 20.6. The van der Waals surface area contributed by atoms with Crippen LogP contribution in [0, 0.1) is 0 Å². The van der Waals surface area contributed by atoms with E-state index < -0.39 is 0 Å². The minimum absolute atomic E-state index is 0.209. The number of carbonyl (C=O) groups excluding carboxylic acids is 1. The van der Waals surface area contributed by atoms with Gasteiger partial charge in [0.05, 0.1) is 24.2 Å². The number of anilines is 1. The van der Waals surface area contributed by atoms with Crippen molar-refractivity contribution in [3.63, 3.8) is 0 Å². The molecule has 0 fully saturated rings. The zero-order valence-corrected chi connectivity index (χ0v) is 17.3. The van der Waals surface area contributed by atoms with E-state index in [1.54, 1.807) is 24.3 Å². The molecule has 1 aliphatic heterocycles. The second kappa shape index (κ2) is 7.57. The summed E-state index contributed by atoms with van der Waals surface area (Å²) in [6, 6.07) is 7.05. The topological polar surface area (TPSA) is 95.3 Å². The number of thiophene rings is 1. The number of fused-ring (bicyclic) bond motifs is 3. The van der Waals surface area contributed by atoms with Crippen LogP contribution in [0.2, 0.25) is 0 Å². The van der Waals surface area contributed by atoms with Crippen LogP contribution >= 0.6 is 11.3 Å². The Morgan fingerprint density at radius 1 is 1.34 bits per heavy atom. The third kappa shape index (κ3) is 4.01. The largest absolute Gasteiger partial charge is 0.494 e. The Morgan fingerprint density at radius 2 is 2.10 bits per heavy atom. The molecule has 3 aromatic rings. The van der Waals surface area contributed by atoms with Crippen molar-refractivity contribution >= 4 is 33.1 Å². The van der Waals surface area contributed by atoms with Gasteiger partial charge in [0.15, 0.2) is 4.83 Å². The Morgan fingerprint density at radius 3 is 2.83 bits per heavy atom. The summed E-state index contributed by atoms with van der Waals surface area (Å²) in [5, 5.41) is 11.4. The number of hydrogen-bond acceptors (Lipinski definition) is 7. The third-order valence-electron chi connectivity index (χ3n) is 4.70. The Kier molecular flexibility index (Phi) is 5.10. The molecule has 1 N–H and O–H groups in total. The molecule has 4 rings (SSSR count). The molecule has 152 valence electrons. The highest BCUT2D eigenvalue weighted by Gasteiger charge is 2.31. The van der Waals surface area contributed by atoms with E-state index in [0.29, 0.717) is 35.5 Å². The summed E-state index contributed by atoms with van der Waals surface area (Å²) in [6.45, 7) is 6.73. The molecule has 8 nitrogen and oxygen atoms in total. The second-order valence-electron chi connectivity index (χ2n) is 7.47. The highest BCUT2D eigenvalue weighted by Crippen LogP contribution is 2.36. The fourth-order valence-corrected chi connectivity index (χ4v) is 4.37. The first-order valence-electron chi connectivity index (χ1n) is 9.41. The van der Waals surface area contributed by atoms with E-state index in [2.05, 4.69) is 15.6 Å². The van der Waals surface area contributed by atoms with E-state index in [1.165, 1.54) is 11.3 Å². The predicted octanol–water partition coefficient (Wildman–Crippen LogP) is 2.74. The maximum atomic E-state index is 13.0. The molecule has 1 amide bonds. The molecule has 9 heteroatoms. The Balaban J connectivity index is 1.56. The van der Waals surface area contributed by atoms with Crippen molar-refractivity contribution in [3.8, 4) is 5.75 Å². The zero-order valence-electron chi connectivity index (χ0n) is 16.5. The molecule has 1 aromatic carbocycles. The first-order valence-corrected chi connectivity index (χ1v) is 10.2. The maximum Gasteiger partial charge on any atom is 0.279 e. The van der Waals surface area contributed by atoms with Crippen molar-refractivity contribution in [2.45, 2.75) is 45.9 Å². The average Bonchev–Trinajstić information content (AvgIpc) is 3.03. The molecule has 0 aliphatic carbocycles. The quantitative estimate of drug-likeness (QED) is 0.690. The van der Waals surface area contributed by atoms with Crippen molar-refractivity contribution in [3.05, 3.63) is 45.1 Å². The fraction of sp³-hybridized carbons (Fsp3) is 0.400. The highest BCUT2D eigenvalue weighted by molar-refractivity contribution is 7.18. The van der Waals surface area contributed by atoms with Crippen LogP contribution in [0.4, 0.5) is 5.69 Å². The summed E-state index contributed by atoms with van der Waals surface area (Å²) in [4.78, 5) is 27.0. The summed E-state index contributed by atoms with van der Waals surface area (Å²) < 4.78 is 12.3. The monoisotopic (exact) mass is 414 g/mol. The Labute approximate surface area is 171 Å². The van der Waals surface area contributed by atoms with Gasteiger partial charge in [0.1, 0.15) is 12.3 Å². The smallest absolute Gasteiger partial charge is 0.279 e. The summed E-state index contributed by atoms with van der Waals surface area (Å²) >= 11 is 1.43. The van der Waals surface area contributed by atoms with Gasteiger partial charge in [0.2, 0.25) is 5.91 Å². The first kappa shape index (κ1) is 19.5. The van der Waals surface area contributed by atoms with E-state index in [0.717, 1.165) is 20.9 Å². The van der Waals surface area contributed by atoms with Gasteiger partial charge >= 0.3 is 0 Å². The van der Waals surface area contributed by atoms with Gasteiger partial charge in [-0.3, -0.25) is 9.59 Å². The lowest BCUT2D eigenvalue weighted by atomic mass is 9.94. The number of amides is 1. The third-order valence-corrected chi connectivity index (χ3v) is 5.79. The first-order chi connectivity index (χ1) is 13.9. The molecule has 0 saturated heterocycles. The summed E-state index contributed by atoms with van der Waals surface area (Å²) in [5.41, 5.74) is 0.938. The van der Waals surface area contributed by atoms with Crippen molar-refractivity contribution in [2.75, 3.05) is 11.9 Å². The molecule has 0 unspecified atom stereocenters. The number of nitrogens with zero attached hydrogens (tertiary/aromatic N) is 3. The molecule has 0 bridgehead atoms. The van der Waals surface area contributed by atoms with Crippen LogP contribution in [0.15, 0.2) is 29.1 Å². The van der Waals surface area contributed by atoms with Gasteiger partial charge in [-0.15, -0.1) is 16.4 Å². The lowest BCUT2D eigenvalue weighted by Gasteiger charge is -2.29. The molecule has 0 spiro atoms. The normalized spacial score (nSPS) is 15.1. The van der Waals surface area contributed by atoms with E-state index >= 15 is 0 Å². The van der Waals surface area contributed by atoms with Crippen LogP contribution in [-0.2, 0) is 29.1 Å². The minimum atomic E-state index is -0.349. The Hall–Kier alpha value is -2.78. The van der Waals surface area contributed by atoms with Crippen LogP contribution in [-0.4, -0.2) is 33.1 Å². The lowest BCUT2D eigenvalue weighted by Crippen LogP contribution is -2.33. The van der Waals surface area contributed by atoms with Crippen LogP contribution in [0.25, 0.3) is 10.2 Å². The summed E-state index contributed by atoms with van der Waals surface area (Å²) in [6.07, 6.45) is 0.627. The summed E-state index contributed by atoms with van der Waals surface area (Å²) in [7, 11) is 0. The highest BCUT2D eigenvalue weighted by atomic mass is 32.1. The van der Waals surface area contributed by atoms with E-state index in [9.17, 15) is 9.59 Å². The van der Waals surface area contributed by atoms with Crippen molar-refractivity contribution < 1.29 is 14.3 Å². The van der Waals surface area contributed by atoms with E-state index in [-0.39, 0.29) is 23.6 Å². The van der Waals surface area contributed by atoms with Crippen LogP contribution in [0.1, 0.15) is 31.2 Å². The minimum Gasteiger partial charge on any atom is -0.494 e. The van der Waals surface area contributed by atoms with Crippen LogP contribution < -0.4 is 15.6 Å². The number of nitrogens with one attached hydrogen (secondary N) is 1. The average molecular weight is 414 g/mol. The van der Waals surface area contributed by atoms with E-state index in [4.69, 9.17) is 9.47 Å².